The minimum Gasteiger partial charge on any atom is -0.377 e. The number of hydrogen-bond acceptors (Lipinski definition) is 4. The van der Waals surface area contributed by atoms with Gasteiger partial charge in [0.05, 0.1) is 11.0 Å². The molecule has 23 heavy (non-hydrogen) atoms. The van der Waals surface area contributed by atoms with Crippen molar-refractivity contribution >= 4 is 21.8 Å². The van der Waals surface area contributed by atoms with E-state index in [1.54, 1.807) is 16.4 Å². The summed E-state index contributed by atoms with van der Waals surface area (Å²) >= 11 is 1.84. The minimum absolute atomic E-state index is 0.0466. The van der Waals surface area contributed by atoms with E-state index in [0.29, 0.717) is 11.4 Å². The lowest BCUT2D eigenvalue weighted by atomic mass is 10.2. The predicted molar refractivity (Wildman–Crippen MR) is 94.4 cm³/mol. The molecular weight excluding hydrogens is 330 g/mol. The third-order valence-corrected chi connectivity index (χ3v) is 7.74. The highest BCUT2D eigenvalue weighted by Crippen LogP contribution is 2.29. The highest BCUT2D eigenvalue weighted by molar-refractivity contribution is 7.99. The highest BCUT2D eigenvalue weighted by Gasteiger charge is 2.36. The van der Waals surface area contributed by atoms with Crippen LogP contribution in [0.25, 0.3) is 0 Å². The summed E-state index contributed by atoms with van der Waals surface area (Å²) in [6, 6.07) is 7.43. The van der Waals surface area contributed by atoms with Crippen LogP contribution in [0.3, 0.4) is 0 Å². The van der Waals surface area contributed by atoms with Crippen molar-refractivity contribution in [1.29, 1.82) is 0 Å². The second-order valence-corrected chi connectivity index (χ2v) is 9.27. The second-order valence-electron chi connectivity index (χ2n) is 6.22. The monoisotopic (exact) mass is 355 g/mol. The molecule has 2 saturated heterocycles. The molecule has 6 heteroatoms. The van der Waals surface area contributed by atoms with Crippen LogP contribution >= 0.6 is 11.8 Å². The molecule has 128 valence electrons. The molecule has 4 nitrogen and oxygen atoms in total. The van der Waals surface area contributed by atoms with Gasteiger partial charge in [0.25, 0.3) is 0 Å². The Labute approximate surface area is 143 Å². The van der Waals surface area contributed by atoms with Crippen LogP contribution in [0.5, 0.6) is 0 Å². The Morgan fingerprint density at radius 2 is 2.04 bits per heavy atom. The van der Waals surface area contributed by atoms with E-state index >= 15 is 0 Å². The Kier molecular flexibility index (Phi) is 5.67. The fourth-order valence-electron chi connectivity index (χ4n) is 3.21. The van der Waals surface area contributed by atoms with Gasteiger partial charge in [-0.25, -0.2) is 8.42 Å². The van der Waals surface area contributed by atoms with Gasteiger partial charge in [-0.2, -0.15) is 16.1 Å². The van der Waals surface area contributed by atoms with Crippen molar-refractivity contribution in [3.63, 3.8) is 0 Å². The number of thioether (sulfide) groups is 1. The molecule has 0 amide bonds. The smallest absolute Gasteiger partial charge is 0.243 e. The molecule has 3 rings (SSSR count). The molecule has 2 unspecified atom stereocenters. The molecule has 2 atom stereocenters. The summed E-state index contributed by atoms with van der Waals surface area (Å²) in [6.07, 6.45) is 3.89. The van der Waals surface area contributed by atoms with E-state index in [1.807, 2.05) is 23.9 Å². The van der Waals surface area contributed by atoms with Crippen molar-refractivity contribution in [3.05, 3.63) is 29.8 Å². The largest absolute Gasteiger partial charge is 0.377 e. The zero-order chi connectivity index (χ0) is 16.3. The summed E-state index contributed by atoms with van der Waals surface area (Å²) in [6.45, 7) is 3.31. The van der Waals surface area contributed by atoms with Gasteiger partial charge < -0.3 is 4.74 Å². The van der Waals surface area contributed by atoms with Gasteiger partial charge in [0.2, 0.25) is 10.0 Å². The van der Waals surface area contributed by atoms with Gasteiger partial charge in [0, 0.05) is 24.9 Å². The summed E-state index contributed by atoms with van der Waals surface area (Å²) in [5.74, 6) is 1.93. The Morgan fingerprint density at radius 3 is 2.61 bits per heavy atom. The van der Waals surface area contributed by atoms with E-state index in [9.17, 15) is 8.42 Å². The number of sulfonamides is 1. The van der Waals surface area contributed by atoms with E-state index in [-0.39, 0.29) is 12.1 Å². The Hall–Kier alpha value is -0.560. The molecule has 0 spiro atoms. The van der Waals surface area contributed by atoms with Crippen molar-refractivity contribution in [1.82, 2.24) is 4.31 Å². The van der Waals surface area contributed by atoms with Crippen LogP contribution in [0.1, 0.15) is 31.7 Å². The molecule has 0 aromatic heterocycles. The third kappa shape index (κ3) is 3.92. The summed E-state index contributed by atoms with van der Waals surface area (Å²) in [4.78, 5) is 0.407. The van der Waals surface area contributed by atoms with E-state index < -0.39 is 10.0 Å². The van der Waals surface area contributed by atoms with Gasteiger partial charge in [-0.1, -0.05) is 19.1 Å². The van der Waals surface area contributed by atoms with Crippen LogP contribution in [-0.4, -0.2) is 49.5 Å². The first-order valence-corrected chi connectivity index (χ1v) is 11.0. The van der Waals surface area contributed by atoms with Crippen molar-refractivity contribution in [2.75, 3.05) is 24.7 Å². The summed E-state index contributed by atoms with van der Waals surface area (Å²) in [5.41, 5.74) is 1.16. The average molecular weight is 356 g/mol. The quantitative estimate of drug-likeness (QED) is 0.787. The van der Waals surface area contributed by atoms with Crippen molar-refractivity contribution in [3.8, 4) is 0 Å². The van der Waals surface area contributed by atoms with Gasteiger partial charge in [-0.05, 0) is 49.1 Å². The fourth-order valence-corrected chi connectivity index (χ4v) is 6.22. The van der Waals surface area contributed by atoms with E-state index in [2.05, 4.69) is 6.92 Å². The molecule has 2 fully saturated rings. The number of benzene rings is 1. The van der Waals surface area contributed by atoms with Gasteiger partial charge in [0.1, 0.15) is 0 Å². The number of ether oxygens (including phenoxy) is 1. The number of rotatable bonds is 6. The van der Waals surface area contributed by atoms with Crippen molar-refractivity contribution in [2.24, 2.45) is 0 Å². The number of nitrogens with zero attached hydrogens (tertiary/aromatic N) is 1. The Bertz CT molecular complexity index is 603. The summed E-state index contributed by atoms with van der Waals surface area (Å²) in [5, 5.41) is 0. The Morgan fingerprint density at radius 1 is 1.26 bits per heavy atom. The average Bonchev–Trinajstić information content (AvgIpc) is 3.26. The molecular formula is C17H25NO3S2. The van der Waals surface area contributed by atoms with E-state index in [1.165, 1.54) is 0 Å². The highest BCUT2D eigenvalue weighted by atomic mass is 32.2. The van der Waals surface area contributed by atoms with Crippen molar-refractivity contribution in [2.45, 2.75) is 49.6 Å². The maximum Gasteiger partial charge on any atom is 0.243 e. The van der Waals surface area contributed by atoms with Crippen LogP contribution in [0.4, 0.5) is 0 Å². The molecule has 0 saturated carbocycles. The number of hydrogen-bond donors (Lipinski definition) is 0. The maximum atomic E-state index is 13.2. The standard InChI is InChI=1S/C17H25NO3S2/c1-2-14-5-7-17(8-6-14)23(19,20)18(15-9-11-22-13-15)12-16-4-3-10-21-16/h5-8,15-16H,2-4,9-13H2,1H3. The van der Waals surface area contributed by atoms with Crippen molar-refractivity contribution < 1.29 is 13.2 Å². The van der Waals surface area contributed by atoms with E-state index in [0.717, 1.165) is 49.4 Å². The maximum absolute atomic E-state index is 13.2. The van der Waals surface area contributed by atoms with Crippen LogP contribution in [-0.2, 0) is 21.2 Å². The normalized spacial score (nSPS) is 25.3. The zero-order valence-electron chi connectivity index (χ0n) is 13.6. The van der Waals surface area contributed by atoms with Gasteiger partial charge >= 0.3 is 0 Å². The molecule has 0 aliphatic carbocycles. The Balaban J connectivity index is 1.85. The molecule has 0 radical (unpaired) electrons. The SMILES string of the molecule is CCc1ccc(S(=O)(=O)N(CC2CCCO2)C2CCSC2)cc1. The van der Waals surface area contributed by atoms with Crippen LogP contribution in [0, 0.1) is 0 Å². The third-order valence-electron chi connectivity index (χ3n) is 4.66. The van der Waals surface area contributed by atoms with Gasteiger partial charge in [-0.3, -0.25) is 0 Å². The van der Waals surface area contributed by atoms with Gasteiger partial charge in [0.15, 0.2) is 0 Å². The molecule has 2 aliphatic heterocycles. The molecule has 0 N–H and O–H groups in total. The van der Waals surface area contributed by atoms with Gasteiger partial charge in [-0.15, -0.1) is 0 Å². The minimum atomic E-state index is -3.46. The first-order chi connectivity index (χ1) is 11.1. The predicted octanol–water partition coefficient (Wildman–Crippen LogP) is 2.92. The fraction of sp³-hybridized carbons (Fsp3) is 0.647. The molecule has 0 bridgehead atoms. The molecule has 2 aliphatic rings. The second kappa shape index (κ2) is 7.55. The number of aryl methyl sites for hydroxylation is 1. The summed E-state index contributed by atoms with van der Waals surface area (Å²) in [7, 11) is -3.46. The molecule has 1 aromatic carbocycles. The van der Waals surface area contributed by atoms with Crippen LogP contribution in [0.15, 0.2) is 29.2 Å². The molecule has 2 heterocycles. The molecule has 1 aromatic rings. The lowest BCUT2D eigenvalue weighted by Crippen LogP contribution is -2.44. The summed E-state index contributed by atoms with van der Waals surface area (Å²) < 4.78 is 33.7. The first-order valence-electron chi connectivity index (χ1n) is 8.41. The lowest BCUT2D eigenvalue weighted by molar-refractivity contribution is 0.0877. The first kappa shape index (κ1) is 17.3. The van der Waals surface area contributed by atoms with E-state index in [4.69, 9.17) is 4.74 Å². The zero-order valence-corrected chi connectivity index (χ0v) is 15.2. The van der Waals surface area contributed by atoms with Crippen LogP contribution < -0.4 is 0 Å². The topological polar surface area (TPSA) is 46.6 Å². The van der Waals surface area contributed by atoms with Crippen LogP contribution in [0.2, 0.25) is 0 Å². The lowest BCUT2D eigenvalue weighted by Gasteiger charge is -2.29.